The molecule has 2 aromatic rings. The van der Waals surface area contributed by atoms with E-state index in [1.54, 1.807) is 19.2 Å². The van der Waals surface area contributed by atoms with Crippen molar-refractivity contribution in [2.75, 3.05) is 13.7 Å². The van der Waals surface area contributed by atoms with E-state index >= 15 is 0 Å². The molecule has 3 rings (SSSR count). The minimum Gasteiger partial charge on any atom is -0.496 e. The molecule has 0 heterocycles. The molecule has 4 nitrogen and oxygen atoms in total. The number of allylic oxidation sites excluding steroid dienone is 1. The van der Waals surface area contributed by atoms with Crippen LogP contribution in [-0.4, -0.2) is 30.8 Å². The zero-order valence-electron chi connectivity index (χ0n) is 16.4. The van der Waals surface area contributed by atoms with Gasteiger partial charge in [-0.1, -0.05) is 48.5 Å². The molecule has 1 aliphatic carbocycles. The second-order valence-corrected chi connectivity index (χ2v) is 7.62. The molecule has 28 heavy (non-hydrogen) atoms. The summed E-state index contributed by atoms with van der Waals surface area (Å²) in [5.41, 5.74) is 1.54. The average Bonchev–Trinajstić information content (AvgIpc) is 2.75. The first-order chi connectivity index (χ1) is 13.6. The Balaban J connectivity index is 1.84. The van der Waals surface area contributed by atoms with Crippen LogP contribution in [0.2, 0.25) is 0 Å². The van der Waals surface area contributed by atoms with Crippen molar-refractivity contribution in [2.45, 2.75) is 37.2 Å². The van der Waals surface area contributed by atoms with Crippen molar-refractivity contribution >= 4 is 5.91 Å². The van der Waals surface area contributed by atoms with E-state index in [1.807, 2.05) is 36.4 Å². The number of nitrogens with one attached hydrogen (secondary N) is 1. The van der Waals surface area contributed by atoms with Gasteiger partial charge in [0.15, 0.2) is 0 Å². The number of para-hydroxylation sites is 1. The predicted octanol–water partition coefficient (Wildman–Crippen LogP) is 4.10. The van der Waals surface area contributed by atoms with Crippen molar-refractivity contribution in [3.63, 3.8) is 0 Å². The van der Waals surface area contributed by atoms with Gasteiger partial charge in [-0.3, -0.25) is 4.79 Å². The third-order valence-corrected chi connectivity index (χ3v) is 5.91. The second-order valence-electron chi connectivity index (χ2n) is 7.62. The molecule has 0 unspecified atom stereocenters. The van der Waals surface area contributed by atoms with E-state index in [9.17, 15) is 9.90 Å². The molecule has 0 bridgehead atoms. The largest absolute Gasteiger partial charge is 0.496 e. The van der Waals surface area contributed by atoms with E-state index in [0.717, 1.165) is 25.7 Å². The Morgan fingerprint density at radius 3 is 2.68 bits per heavy atom. The molecular formula is C24H29NO3. The zero-order chi connectivity index (χ0) is 20.0. The van der Waals surface area contributed by atoms with Gasteiger partial charge in [0, 0.05) is 12.0 Å². The summed E-state index contributed by atoms with van der Waals surface area (Å²) in [5, 5.41) is 13.6. The highest BCUT2D eigenvalue weighted by Gasteiger charge is 2.41. The van der Waals surface area contributed by atoms with Gasteiger partial charge in [0.05, 0.1) is 18.8 Å². The first kappa shape index (κ1) is 20.2. The van der Waals surface area contributed by atoms with Gasteiger partial charge >= 0.3 is 0 Å². The van der Waals surface area contributed by atoms with E-state index in [2.05, 4.69) is 24.0 Å². The number of amides is 1. The number of benzene rings is 2. The molecule has 1 saturated carbocycles. The smallest absolute Gasteiger partial charge is 0.255 e. The number of ether oxygens (including phenoxy) is 1. The Labute approximate surface area is 167 Å². The summed E-state index contributed by atoms with van der Waals surface area (Å²) < 4.78 is 5.33. The van der Waals surface area contributed by atoms with Crippen LogP contribution in [0.1, 0.15) is 41.6 Å². The SMILES string of the molecule is C=CC[C@H]1C[C@@](CNC(=O)c2ccccc2OC)(c2ccccc2)CC[C@H]1O. The van der Waals surface area contributed by atoms with Crippen LogP contribution in [0.15, 0.2) is 67.3 Å². The molecule has 1 fully saturated rings. The summed E-state index contributed by atoms with van der Waals surface area (Å²) in [6.07, 6.45) is 4.70. The molecule has 2 N–H and O–H groups in total. The maximum absolute atomic E-state index is 12.9. The summed E-state index contributed by atoms with van der Waals surface area (Å²) in [5.74, 6) is 0.575. The molecule has 148 valence electrons. The number of aliphatic hydroxyl groups excluding tert-OH is 1. The maximum Gasteiger partial charge on any atom is 0.255 e. The average molecular weight is 380 g/mol. The first-order valence-electron chi connectivity index (χ1n) is 9.85. The molecule has 3 atom stereocenters. The first-order valence-corrected chi connectivity index (χ1v) is 9.85. The quantitative estimate of drug-likeness (QED) is 0.712. The fourth-order valence-electron chi connectivity index (χ4n) is 4.35. The minimum absolute atomic E-state index is 0.140. The lowest BCUT2D eigenvalue weighted by Crippen LogP contribution is -2.47. The predicted molar refractivity (Wildman–Crippen MR) is 112 cm³/mol. The van der Waals surface area contributed by atoms with Crippen LogP contribution in [0, 0.1) is 5.92 Å². The van der Waals surface area contributed by atoms with Crippen molar-refractivity contribution in [1.82, 2.24) is 5.32 Å². The molecule has 0 aliphatic heterocycles. The van der Waals surface area contributed by atoms with E-state index < -0.39 is 0 Å². The Morgan fingerprint density at radius 1 is 1.25 bits per heavy atom. The van der Waals surface area contributed by atoms with Crippen molar-refractivity contribution in [1.29, 1.82) is 0 Å². The summed E-state index contributed by atoms with van der Waals surface area (Å²) in [6.45, 7) is 4.37. The molecular weight excluding hydrogens is 350 g/mol. The maximum atomic E-state index is 12.9. The summed E-state index contributed by atoms with van der Waals surface area (Å²) in [7, 11) is 1.57. The van der Waals surface area contributed by atoms with E-state index in [4.69, 9.17) is 4.74 Å². The van der Waals surface area contributed by atoms with Gasteiger partial charge in [-0.2, -0.15) is 0 Å². The third kappa shape index (κ3) is 4.28. The number of hydrogen-bond donors (Lipinski definition) is 2. The van der Waals surface area contributed by atoms with Crippen LogP contribution >= 0.6 is 0 Å². The molecule has 1 amide bonds. The standard InChI is InChI=1S/C24H29NO3/c1-3-9-18-16-24(15-14-21(18)26,19-10-5-4-6-11-19)17-25-23(27)20-12-7-8-13-22(20)28-2/h3-8,10-13,18,21,26H,1,9,14-17H2,2H3,(H,25,27)/t18-,21+,24-/m0/s1. The summed E-state index contributed by atoms with van der Waals surface area (Å²) in [6, 6.07) is 17.6. The number of carbonyl (C=O) groups is 1. The van der Waals surface area contributed by atoms with Gasteiger partial charge in [0.2, 0.25) is 0 Å². The number of carbonyl (C=O) groups excluding carboxylic acids is 1. The Bertz CT molecular complexity index is 805. The van der Waals surface area contributed by atoms with Crippen molar-refractivity contribution in [3.8, 4) is 5.75 Å². The van der Waals surface area contributed by atoms with E-state index in [1.165, 1.54) is 5.56 Å². The second kappa shape index (κ2) is 9.07. The molecule has 0 aromatic heterocycles. The molecule has 2 aromatic carbocycles. The number of hydrogen-bond acceptors (Lipinski definition) is 3. The van der Waals surface area contributed by atoms with Crippen LogP contribution in [0.4, 0.5) is 0 Å². The zero-order valence-corrected chi connectivity index (χ0v) is 16.4. The molecule has 0 saturated heterocycles. The van der Waals surface area contributed by atoms with Gasteiger partial charge in [-0.25, -0.2) is 0 Å². The van der Waals surface area contributed by atoms with Crippen LogP contribution in [0.3, 0.4) is 0 Å². The Morgan fingerprint density at radius 2 is 1.96 bits per heavy atom. The Hall–Kier alpha value is -2.59. The fraction of sp³-hybridized carbons (Fsp3) is 0.375. The van der Waals surface area contributed by atoms with Crippen molar-refractivity contribution < 1.29 is 14.6 Å². The van der Waals surface area contributed by atoms with E-state index in [-0.39, 0.29) is 23.3 Å². The highest BCUT2D eigenvalue weighted by atomic mass is 16.5. The Kier molecular flexibility index (Phi) is 6.53. The van der Waals surface area contributed by atoms with Crippen molar-refractivity contribution in [3.05, 3.63) is 78.4 Å². The van der Waals surface area contributed by atoms with Crippen LogP contribution in [-0.2, 0) is 5.41 Å². The normalized spacial score (nSPS) is 24.4. The fourth-order valence-corrected chi connectivity index (χ4v) is 4.35. The number of aliphatic hydroxyl groups is 1. The highest BCUT2D eigenvalue weighted by molar-refractivity contribution is 5.96. The molecule has 1 aliphatic rings. The van der Waals surface area contributed by atoms with Gasteiger partial charge < -0.3 is 15.2 Å². The minimum atomic E-state index is -0.320. The number of methoxy groups -OCH3 is 1. The lowest BCUT2D eigenvalue weighted by molar-refractivity contribution is 0.0368. The van der Waals surface area contributed by atoms with E-state index in [0.29, 0.717) is 17.9 Å². The highest BCUT2D eigenvalue weighted by Crippen LogP contribution is 2.43. The van der Waals surface area contributed by atoms with Crippen LogP contribution in [0.5, 0.6) is 5.75 Å². The number of rotatable bonds is 7. The topological polar surface area (TPSA) is 58.6 Å². The van der Waals surface area contributed by atoms with Crippen LogP contribution < -0.4 is 10.1 Å². The van der Waals surface area contributed by atoms with Crippen LogP contribution in [0.25, 0.3) is 0 Å². The van der Waals surface area contributed by atoms with Gasteiger partial charge in [0.25, 0.3) is 5.91 Å². The molecule has 0 radical (unpaired) electrons. The summed E-state index contributed by atoms with van der Waals surface area (Å²) in [4.78, 5) is 12.9. The van der Waals surface area contributed by atoms with Gasteiger partial charge in [-0.05, 0) is 49.3 Å². The molecule has 0 spiro atoms. The monoisotopic (exact) mass is 379 g/mol. The van der Waals surface area contributed by atoms with Gasteiger partial charge in [0.1, 0.15) is 5.75 Å². The molecule has 4 heteroatoms. The summed E-state index contributed by atoms with van der Waals surface area (Å²) >= 11 is 0. The van der Waals surface area contributed by atoms with Crippen molar-refractivity contribution in [2.24, 2.45) is 5.92 Å². The lowest BCUT2D eigenvalue weighted by atomic mass is 9.64. The third-order valence-electron chi connectivity index (χ3n) is 5.91. The lowest BCUT2D eigenvalue weighted by Gasteiger charge is -2.44. The van der Waals surface area contributed by atoms with Gasteiger partial charge in [-0.15, -0.1) is 6.58 Å².